The van der Waals surface area contributed by atoms with E-state index >= 15 is 0 Å². The van der Waals surface area contributed by atoms with Crippen molar-refractivity contribution in [2.24, 2.45) is 0 Å². The minimum absolute atomic E-state index is 0.110. The fraction of sp³-hybridized carbons (Fsp3) is 0.478. The lowest BCUT2D eigenvalue weighted by molar-refractivity contribution is 0.227. The van der Waals surface area contributed by atoms with Crippen LogP contribution >= 0.6 is 0 Å². The van der Waals surface area contributed by atoms with E-state index in [2.05, 4.69) is 56.4 Å². The predicted octanol–water partition coefficient (Wildman–Crippen LogP) is 2.89. The van der Waals surface area contributed by atoms with Crippen LogP contribution in [0.4, 0.5) is 11.5 Å². The van der Waals surface area contributed by atoms with Crippen LogP contribution < -0.4 is 9.80 Å². The summed E-state index contributed by atoms with van der Waals surface area (Å²) in [6, 6.07) is 6.94. The van der Waals surface area contributed by atoms with Gasteiger partial charge in [-0.15, -0.1) is 6.58 Å². The number of benzene rings is 1. The summed E-state index contributed by atoms with van der Waals surface area (Å²) in [6.45, 7) is 11.4. The molecule has 1 unspecified atom stereocenters. The van der Waals surface area contributed by atoms with Crippen LogP contribution in [0.15, 0.2) is 30.9 Å². The third kappa shape index (κ3) is 3.25. The standard InChI is InChI=1S/C23H29N5O/c1-3-16(2)26-10-12-27(13-11-26)22-19-14-28(15-20(19)24-23(29)25-22)21-9-5-7-17-6-4-8-18(17)21/h3,5,7,9,16H,1,4,6,8,10-15H2,2H3,(H,24,25,29). The summed E-state index contributed by atoms with van der Waals surface area (Å²) in [4.78, 5) is 16.0. The molecule has 152 valence electrons. The molecule has 0 radical (unpaired) electrons. The van der Waals surface area contributed by atoms with Gasteiger partial charge in [0.2, 0.25) is 0 Å². The second-order valence-corrected chi connectivity index (χ2v) is 8.40. The highest BCUT2D eigenvalue weighted by Crippen LogP contribution is 2.38. The Morgan fingerprint density at radius 1 is 1.03 bits per heavy atom. The molecule has 6 nitrogen and oxygen atoms in total. The molecule has 3 heterocycles. The molecular formula is C23H29N5O. The van der Waals surface area contributed by atoms with Gasteiger partial charge in [0.05, 0.1) is 12.2 Å². The summed E-state index contributed by atoms with van der Waals surface area (Å²) in [6.07, 6.45) is 5.58. The molecule has 1 aliphatic carbocycles. The zero-order valence-corrected chi connectivity index (χ0v) is 17.1. The Bertz CT molecular complexity index is 935. The number of anilines is 2. The van der Waals surface area contributed by atoms with E-state index in [0.717, 1.165) is 57.2 Å². The van der Waals surface area contributed by atoms with E-state index < -0.39 is 0 Å². The first-order valence-corrected chi connectivity index (χ1v) is 10.7. The highest BCUT2D eigenvalue weighted by Gasteiger charge is 2.31. The molecule has 1 fully saturated rings. The van der Waals surface area contributed by atoms with Crippen LogP contribution in [0, 0.1) is 0 Å². The Labute approximate surface area is 172 Å². The summed E-state index contributed by atoms with van der Waals surface area (Å²) in [7, 11) is 0. The van der Waals surface area contributed by atoms with Crippen molar-refractivity contribution in [3.8, 4) is 6.01 Å². The monoisotopic (exact) mass is 391 g/mol. The molecule has 0 amide bonds. The van der Waals surface area contributed by atoms with Gasteiger partial charge in [0.15, 0.2) is 0 Å². The van der Waals surface area contributed by atoms with Crippen molar-refractivity contribution < 1.29 is 5.11 Å². The first kappa shape index (κ1) is 18.4. The molecule has 5 rings (SSSR count). The third-order valence-corrected chi connectivity index (χ3v) is 6.74. The second-order valence-electron chi connectivity index (χ2n) is 8.40. The van der Waals surface area contributed by atoms with Crippen molar-refractivity contribution in [3.63, 3.8) is 0 Å². The number of rotatable bonds is 4. The minimum atomic E-state index is -0.110. The van der Waals surface area contributed by atoms with Crippen LogP contribution in [-0.4, -0.2) is 52.2 Å². The number of aromatic nitrogens is 2. The van der Waals surface area contributed by atoms with E-state index in [-0.39, 0.29) is 6.01 Å². The maximum atomic E-state index is 10.2. The minimum Gasteiger partial charge on any atom is -0.479 e. The van der Waals surface area contributed by atoms with Crippen LogP contribution in [0.1, 0.15) is 35.7 Å². The molecule has 1 aromatic heterocycles. The molecule has 2 aromatic rings. The number of aryl methyl sites for hydroxylation is 1. The largest absolute Gasteiger partial charge is 0.479 e. The number of piperazine rings is 1. The normalized spacial score (nSPS) is 19.9. The van der Waals surface area contributed by atoms with Crippen molar-refractivity contribution in [1.82, 2.24) is 14.9 Å². The number of nitrogens with zero attached hydrogens (tertiary/aromatic N) is 5. The molecule has 6 heteroatoms. The molecule has 0 spiro atoms. The average Bonchev–Trinajstić information content (AvgIpc) is 3.39. The molecule has 29 heavy (non-hydrogen) atoms. The summed E-state index contributed by atoms with van der Waals surface area (Å²) < 4.78 is 0. The maximum absolute atomic E-state index is 10.2. The van der Waals surface area contributed by atoms with E-state index in [1.165, 1.54) is 35.2 Å². The quantitative estimate of drug-likeness (QED) is 0.809. The second kappa shape index (κ2) is 7.34. The molecule has 2 aliphatic heterocycles. The summed E-state index contributed by atoms with van der Waals surface area (Å²) in [5.74, 6) is 0.911. The van der Waals surface area contributed by atoms with Gasteiger partial charge in [0, 0.05) is 50.0 Å². The van der Waals surface area contributed by atoms with Crippen LogP contribution in [0.5, 0.6) is 6.01 Å². The zero-order chi connectivity index (χ0) is 20.0. The molecule has 1 atom stereocenters. The maximum Gasteiger partial charge on any atom is 0.316 e. The van der Waals surface area contributed by atoms with Crippen molar-refractivity contribution in [1.29, 1.82) is 0 Å². The lowest BCUT2D eigenvalue weighted by Crippen LogP contribution is -2.49. The molecule has 1 N–H and O–H groups in total. The SMILES string of the molecule is C=CC(C)N1CCN(c2nc(O)nc3c2CN(c2cccc4c2CCC4)C3)CC1. The van der Waals surface area contributed by atoms with Crippen molar-refractivity contribution >= 4 is 11.5 Å². The Morgan fingerprint density at radius 3 is 2.66 bits per heavy atom. The third-order valence-electron chi connectivity index (χ3n) is 6.74. The van der Waals surface area contributed by atoms with E-state index in [0.29, 0.717) is 6.04 Å². The molecule has 3 aliphatic rings. The topological polar surface area (TPSA) is 55.7 Å². The van der Waals surface area contributed by atoms with Gasteiger partial charge in [-0.2, -0.15) is 9.97 Å². The Hall–Kier alpha value is -2.60. The predicted molar refractivity (Wildman–Crippen MR) is 115 cm³/mol. The average molecular weight is 392 g/mol. The molecule has 0 bridgehead atoms. The van der Waals surface area contributed by atoms with Gasteiger partial charge in [-0.25, -0.2) is 0 Å². The van der Waals surface area contributed by atoms with E-state index in [9.17, 15) is 5.11 Å². The first-order chi connectivity index (χ1) is 14.1. The van der Waals surface area contributed by atoms with Crippen LogP contribution in [-0.2, 0) is 25.9 Å². The molecule has 1 aromatic carbocycles. The highest BCUT2D eigenvalue weighted by atomic mass is 16.3. The number of fused-ring (bicyclic) bond motifs is 2. The van der Waals surface area contributed by atoms with E-state index in [1.807, 2.05) is 6.08 Å². The van der Waals surface area contributed by atoms with Crippen molar-refractivity contribution in [3.05, 3.63) is 53.2 Å². The molecule has 0 saturated carbocycles. The lowest BCUT2D eigenvalue weighted by atomic mass is 10.1. The van der Waals surface area contributed by atoms with E-state index in [4.69, 9.17) is 0 Å². The van der Waals surface area contributed by atoms with Gasteiger partial charge >= 0.3 is 6.01 Å². The molecular weight excluding hydrogens is 362 g/mol. The van der Waals surface area contributed by atoms with Gasteiger partial charge in [-0.3, -0.25) is 4.90 Å². The van der Waals surface area contributed by atoms with Gasteiger partial charge in [-0.05, 0) is 43.4 Å². The number of aromatic hydroxyl groups is 1. The zero-order valence-electron chi connectivity index (χ0n) is 17.1. The Morgan fingerprint density at radius 2 is 1.86 bits per heavy atom. The Balaban J connectivity index is 1.40. The molecule has 1 saturated heterocycles. The number of hydrogen-bond donors (Lipinski definition) is 1. The van der Waals surface area contributed by atoms with Gasteiger partial charge < -0.3 is 14.9 Å². The van der Waals surface area contributed by atoms with Crippen LogP contribution in [0.3, 0.4) is 0 Å². The van der Waals surface area contributed by atoms with Gasteiger partial charge in [0.25, 0.3) is 0 Å². The lowest BCUT2D eigenvalue weighted by Gasteiger charge is -2.38. The summed E-state index contributed by atoms with van der Waals surface area (Å²) >= 11 is 0. The van der Waals surface area contributed by atoms with Crippen LogP contribution in [0.25, 0.3) is 0 Å². The Kier molecular flexibility index (Phi) is 4.66. The van der Waals surface area contributed by atoms with Gasteiger partial charge in [0.1, 0.15) is 5.82 Å². The highest BCUT2D eigenvalue weighted by molar-refractivity contribution is 5.63. The number of hydrogen-bond acceptors (Lipinski definition) is 6. The smallest absolute Gasteiger partial charge is 0.316 e. The first-order valence-electron chi connectivity index (χ1n) is 10.7. The van der Waals surface area contributed by atoms with Crippen molar-refractivity contribution in [2.45, 2.75) is 45.3 Å². The van der Waals surface area contributed by atoms with Gasteiger partial charge in [-0.1, -0.05) is 18.2 Å². The summed E-state index contributed by atoms with van der Waals surface area (Å²) in [5, 5.41) is 10.2. The van der Waals surface area contributed by atoms with Crippen LogP contribution in [0.2, 0.25) is 0 Å². The summed E-state index contributed by atoms with van der Waals surface area (Å²) in [5.41, 5.74) is 6.44. The fourth-order valence-electron chi connectivity index (χ4n) is 5.04. The fourth-order valence-corrected chi connectivity index (χ4v) is 5.04. The van der Waals surface area contributed by atoms with Crippen molar-refractivity contribution in [2.75, 3.05) is 36.0 Å². The van der Waals surface area contributed by atoms with E-state index in [1.54, 1.807) is 0 Å².